The van der Waals surface area contributed by atoms with Crippen LogP contribution in [0, 0.1) is 0 Å². The first-order chi connectivity index (χ1) is 6.88. The summed E-state index contributed by atoms with van der Waals surface area (Å²) in [6, 6.07) is 4.75. The summed E-state index contributed by atoms with van der Waals surface area (Å²) in [7, 11) is 0. The van der Waals surface area contributed by atoms with Crippen LogP contribution in [0.5, 0.6) is 11.5 Å². The Bertz CT molecular complexity index is 331. The Morgan fingerprint density at radius 2 is 1.93 bits per heavy atom. The number of phenols is 2. The molecule has 0 spiro atoms. The highest BCUT2D eigenvalue weighted by molar-refractivity contribution is 7.81. The average Bonchev–Trinajstić information content (AvgIpc) is 2.09. The van der Waals surface area contributed by atoms with Crippen molar-refractivity contribution in [2.24, 2.45) is 0 Å². The lowest BCUT2D eigenvalue weighted by Gasteiger charge is -2.18. The summed E-state index contributed by atoms with van der Waals surface area (Å²) in [5, 5.41) is 18.4. The first kappa shape index (κ1) is 12.2. The number of phenolic OH excluding ortho intramolecular Hbond substituents is 2. The van der Waals surface area contributed by atoms with Crippen LogP contribution in [0.25, 0.3) is 0 Å². The monoisotopic (exact) mass is 228 g/mol. The lowest BCUT2D eigenvalue weighted by atomic mass is 10.1. The van der Waals surface area contributed by atoms with Crippen LogP contribution in [0.1, 0.15) is 19.4 Å². The minimum Gasteiger partial charge on any atom is -0.504 e. The van der Waals surface area contributed by atoms with Crippen LogP contribution < -0.4 is 0 Å². The second kappa shape index (κ2) is 4.77. The van der Waals surface area contributed by atoms with Crippen molar-refractivity contribution in [2.75, 3.05) is 6.61 Å². The topological polar surface area (TPSA) is 49.7 Å². The van der Waals surface area contributed by atoms with Crippen molar-refractivity contribution in [3.8, 4) is 11.5 Å². The van der Waals surface area contributed by atoms with Crippen LogP contribution in [-0.4, -0.2) is 21.8 Å². The predicted octanol–water partition coefficient (Wildman–Crippen LogP) is 2.32. The summed E-state index contributed by atoms with van der Waals surface area (Å²) in [6.07, 6.45) is 0.678. The van der Waals surface area contributed by atoms with E-state index in [4.69, 9.17) is 9.84 Å². The zero-order chi connectivity index (χ0) is 11.5. The van der Waals surface area contributed by atoms with E-state index in [1.165, 1.54) is 12.1 Å². The Morgan fingerprint density at radius 3 is 2.47 bits per heavy atom. The lowest BCUT2D eigenvalue weighted by Crippen LogP contribution is -2.17. The van der Waals surface area contributed by atoms with Gasteiger partial charge in [-0.2, -0.15) is 0 Å². The molecule has 15 heavy (non-hydrogen) atoms. The fourth-order valence-corrected chi connectivity index (χ4v) is 1.23. The van der Waals surface area contributed by atoms with E-state index in [1.54, 1.807) is 6.07 Å². The summed E-state index contributed by atoms with van der Waals surface area (Å²) >= 11 is 4.23. The summed E-state index contributed by atoms with van der Waals surface area (Å²) in [4.78, 5) is -0.445. The maximum Gasteiger partial charge on any atom is 0.157 e. The van der Waals surface area contributed by atoms with Crippen molar-refractivity contribution >= 4 is 12.6 Å². The third-order valence-corrected chi connectivity index (χ3v) is 2.01. The van der Waals surface area contributed by atoms with Crippen LogP contribution in [-0.2, 0) is 11.2 Å². The van der Waals surface area contributed by atoms with Crippen molar-refractivity contribution < 1.29 is 14.9 Å². The van der Waals surface area contributed by atoms with Gasteiger partial charge >= 0.3 is 0 Å². The number of hydrogen-bond acceptors (Lipinski definition) is 4. The van der Waals surface area contributed by atoms with Crippen molar-refractivity contribution in [3.05, 3.63) is 23.8 Å². The number of benzene rings is 1. The molecule has 0 aromatic heterocycles. The van der Waals surface area contributed by atoms with Gasteiger partial charge in [-0.05, 0) is 38.0 Å². The molecule has 0 aliphatic rings. The summed E-state index contributed by atoms with van der Waals surface area (Å²) in [6.45, 7) is 4.26. The maximum absolute atomic E-state index is 9.25. The molecule has 0 radical (unpaired) electrons. The van der Waals surface area contributed by atoms with Gasteiger partial charge in [-0.1, -0.05) is 6.07 Å². The summed E-state index contributed by atoms with van der Waals surface area (Å²) < 4.78 is 5.42. The van der Waals surface area contributed by atoms with Gasteiger partial charge in [0.15, 0.2) is 11.5 Å². The molecule has 0 aliphatic heterocycles. The quantitative estimate of drug-likeness (QED) is 0.421. The first-order valence-electron chi connectivity index (χ1n) is 4.76. The molecule has 0 fully saturated rings. The van der Waals surface area contributed by atoms with E-state index >= 15 is 0 Å². The number of hydrogen-bond donors (Lipinski definition) is 3. The van der Waals surface area contributed by atoms with E-state index in [-0.39, 0.29) is 11.5 Å². The van der Waals surface area contributed by atoms with Crippen LogP contribution in [0.15, 0.2) is 18.2 Å². The molecule has 4 heteroatoms. The highest BCUT2D eigenvalue weighted by atomic mass is 32.1. The average molecular weight is 228 g/mol. The molecule has 2 N–H and O–H groups in total. The van der Waals surface area contributed by atoms with E-state index < -0.39 is 4.93 Å². The predicted molar refractivity (Wildman–Crippen MR) is 62.5 cm³/mol. The van der Waals surface area contributed by atoms with Gasteiger partial charge in [0.05, 0.1) is 6.61 Å². The van der Waals surface area contributed by atoms with Crippen molar-refractivity contribution in [2.45, 2.75) is 25.2 Å². The maximum atomic E-state index is 9.25. The van der Waals surface area contributed by atoms with Crippen LogP contribution in [0.4, 0.5) is 0 Å². The third kappa shape index (κ3) is 4.44. The van der Waals surface area contributed by atoms with E-state index in [9.17, 15) is 5.11 Å². The smallest absolute Gasteiger partial charge is 0.157 e. The molecule has 3 nitrogen and oxygen atoms in total. The molecule has 84 valence electrons. The van der Waals surface area contributed by atoms with Crippen molar-refractivity contribution in [3.63, 3.8) is 0 Å². The van der Waals surface area contributed by atoms with Gasteiger partial charge in [-0.15, -0.1) is 12.6 Å². The molecular formula is C11H16O3S. The van der Waals surface area contributed by atoms with Gasteiger partial charge in [0.25, 0.3) is 0 Å². The zero-order valence-corrected chi connectivity index (χ0v) is 9.79. The minimum absolute atomic E-state index is 0.0994. The van der Waals surface area contributed by atoms with Gasteiger partial charge in [0.1, 0.15) is 4.93 Å². The number of ether oxygens (including phenoxy) is 1. The lowest BCUT2D eigenvalue weighted by molar-refractivity contribution is 0.0564. The SMILES string of the molecule is CC(C)(S)OCCc1ccc(O)c(O)c1. The second-order valence-corrected chi connectivity index (χ2v) is 4.95. The molecule has 0 amide bonds. The Morgan fingerprint density at radius 1 is 1.27 bits per heavy atom. The number of rotatable bonds is 4. The fourth-order valence-electron chi connectivity index (χ4n) is 1.14. The highest BCUT2D eigenvalue weighted by Crippen LogP contribution is 2.25. The Hall–Kier alpha value is -0.870. The molecular weight excluding hydrogens is 212 g/mol. The summed E-state index contributed by atoms with van der Waals surface area (Å²) in [5.74, 6) is -0.202. The van der Waals surface area contributed by atoms with Gasteiger partial charge in [-0.25, -0.2) is 0 Å². The van der Waals surface area contributed by atoms with Crippen molar-refractivity contribution in [1.82, 2.24) is 0 Å². The van der Waals surface area contributed by atoms with Gasteiger partial charge in [0.2, 0.25) is 0 Å². The molecule has 0 aliphatic carbocycles. The Balaban J connectivity index is 2.48. The fraction of sp³-hybridized carbons (Fsp3) is 0.455. The second-order valence-electron chi connectivity index (χ2n) is 3.87. The molecule has 0 saturated heterocycles. The number of thiol groups is 1. The van der Waals surface area contributed by atoms with E-state index in [2.05, 4.69) is 12.6 Å². The van der Waals surface area contributed by atoms with Gasteiger partial charge < -0.3 is 14.9 Å². The Kier molecular flexibility index (Phi) is 3.88. The summed E-state index contributed by atoms with van der Waals surface area (Å²) in [5.41, 5.74) is 0.919. The molecule has 1 aromatic rings. The first-order valence-corrected chi connectivity index (χ1v) is 5.20. The zero-order valence-electron chi connectivity index (χ0n) is 8.90. The number of aromatic hydroxyl groups is 2. The molecule has 1 rings (SSSR count). The largest absolute Gasteiger partial charge is 0.504 e. The Labute approximate surface area is 95.1 Å². The molecule has 0 saturated carbocycles. The van der Waals surface area contributed by atoms with Crippen LogP contribution >= 0.6 is 12.6 Å². The molecule has 1 aromatic carbocycles. The third-order valence-electron chi connectivity index (χ3n) is 1.89. The standard InChI is InChI=1S/C11H16O3S/c1-11(2,15)14-6-5-8-3-4-9(12)10(13)7-8/h3-4,7,12-13,15H,5-6H2,1-2H3. The van der Waals surface area contributed by atoms with Crippen LogP contribution in [0.2, 0.25) is 0 Å². The van der Waals surface area contributed by atoms with Crippen LogP contribution in [0.3, 0.4) is 0 Å². The van der Waals surface area contributed by atoms with Gasteiger partial charge in [-0.3, -0.25) is 0 Å². The molecule has 0 atom stereocenters. The van der Waals surface area contributed by atoms with E-state index in [0.29, 0.717) is 13.0 Å². The van der Waals surface area contributed by atoms with E-state index in [1.807, 2.05) is 13.8 Å². The molecule has 0 bridgehead atoms. The minimum atomic E-state index is -0.445. The van der Waals surface area contributed by atoms with Crippen molar-refractivity contribution in [1.29, 1.82) is 0 Å². The molecule has 0 unspecified atom stereocenters. The van der Waals surface area contributed by atoms with E-state index in [0.717, 1.165) is 5.56 Å². The molecule has 0 heterocycles. The highest BCUT2D eigenvalue weighted by Gasteiger charge is 2.10. The van der Waals surface area contributed by atoms with Gasteiger partial charge in [0, 0.05) is 0 Å². The normalized spacial score (nSPS) is 11.7.